The van der Waals surface area contributed by atoms with Gasteiger partial charge in [-0.2, -0.15) is 0 Å². The summed E-state index contributed by atoms with van der Waals surface area (Å²) in [6, 6.07) is -0.588. The van der Waals surface area contributed by atoms with Crippen LogP contribution in [0.5, 0.6) is 0 Å². The number of amides is 1. The van der Waals surface area contributed by atoms with E-state index in [9.17, 15) is 9.59 Å². The van der Waals surface area contributed by atoms with Crippen LogP contribution in [0.25, 0.3) is 0 Å². The van der Waals surface area contributed by atoms with Crippen molar-refractivity contribution in [2.24, 2.45) is 5.92 Å². The van der Waals surface area contributed by atoms with Gasteiger partial charge in [-0.15, -0.1) is 0 Å². The summed E-state index contributed by atoms with van der Waals surface area (Å²) in [7, 11) is 0. The van der Waals surface area contributed by atoms with E-state index in [-0.39, 0.29) is 17.9 Å². The van der Waals surface area contributed by atoms with Crippen LogP contribution in [0.2, 0.25) is 0 Å². The summed E-state index contributed by atoms with van der Waals surface area (Å²) in [6.45, 7) is 4.82. The second kappa shape index (κ2) is 5.85. The summed E-state index contributed by atoms with van der Waals surface area (Å²) in [5.41, 5.74) is 0. The second-order valence-electron chi connectivity index (χ2n) is 4.14. The molecular formula is C11H19N2O2. The Labute approximate surface area is 90.8 Å². The van der Waals surface area contributed by atoms with Crippen molar-refractivity contribution in [3.05, 3.63) is 0 Å². The smallest absolute Gasteiger partial charge is 0.237 e. The summed E-state index contributed by atoms with van der Waals surface area (Å²) in [4.78, 5) is 22.4. The zero-order chi connectivity index (χ0) is 11.3. The van der Waals surface area contributed by atoms with Gasteiger partial charge in [0.1, 0.15) is 0 Å². The van der Waals surface area contributed by atoms with E-state index in [4.69, 9.17) is 0 Å². The molecule has 0 bridgehead atoms. The van der Waals surface area contributed by atoms with E-state index < -0.39 is 6.04 Å². The van der Waals surface area contributed by atoms with Gasteiger partial charge in [0, 0.05) is 0 Å². The molecule has 1 radical (unpaired) electrons. The van der Waals surface area contributed by atoms with E-state index in [2.05, 4.69) is 10.6 Å². The van der Waals surface area contributed by atoms with Gasteiger partial charge >= 0.3 is 0 Å². The Kier molecular flexibility index (Phi) is 4.75. The standard InChI is InChI=1S/C11H19N2O2/c1-3-8(2)10(7-14)13-11(15)9-5-4-6-12-9/h8-10,12H,3-6H2,1-2H3,(H,13,15)/t8?,9-,10+/m0/s1. The first kappa shape index (κ1) is 12.2. The minimum Gasteiger partial charge on any atom is -0.344 e. The number of carbonyl (C=O) groups is 1. The predicted octanol–water partition coefficient (Wildman–Crippen LogP) is 0.379. The zero-order valence-electron chi connectivity index (χ0n) is 9.38. The van der Waals surface area contributed by atoms with Crippen LogP contribution in [0.3, 0.4) is 0 Å². The average Bonchev–Trinajstić information content (AvgIpc) is 2.77. The third-order valence-corrected chi connectivity index (χ3v) is 3.01. The highest BCUT2D eigenvalue weighted by atomic mass is 16.2. The molecule has 0 aromatic rings. The molecule has 3 atom stereocenters. The Morgan fingerprint density at radius 2 is 2.40 bits per heavy atom. The summed E-state index contributed by atoms with van der Waals surface area (Å²) in [5, 5.41) is 5.84. The van der Waals surface area contributed by atoms with Crippen molar-refractivity contribution in [1.82, 2.24) is 10.6 Å². The minimum absolute atomic E-state index is 0.0684. The maximum Gasteiger partial charge on any atom is 0.237 e. The molecule has 2 N–H and O–H groups in total. The van der Waals surface area contributed by atoms with Crippen LogP contribution in [-0.2, 0) is 9.59 Å². The fraction of sp³-hybridized carbons (Fsp3) is 0.818. The maximum absolute atomic E-state index is 11.7. The van der Waals surface area contributed by atoms with E-state index in [0.717, 1.165) is 25.8 Å². The normalized spacial score (nSPS) is 24.5. The third kappa shape index (κ3) is 3.30. The Balaban J connectivity index is 2.43. The summed E-state index contributed by atoms with van der Waals surface area (Å²) < 4.78 is 0. The molecule has 4 heteroatoms. The van der Waals surface area contributed by atoms with Crippen LogP contribution in [0.15, 0.2) is 0 Å². The first-order valence-electron chi connectivity index (χ1n) is 5.60. The zero-order valence-corrected chi connectivity index (χ0v) is 9.38. The lowest BCUT2D eigenvalue weighted by molar-refractivity contribution is -0.123. The molecule has 1 fully saturated rings. The number of hydrogen-bond donors (Lipinski definition) is 2. The SMILES string of the molecule is CCC(C)[C@@H]([C]=O)NC(=O)[C@@H]1CCCN1. The number of hydrogen-bond acceptors (Lipinski definition) is 3. The van der Waals surface area contributed by atoms with Crippen LogP contribution in [0.4, 0.5) is 0 Å². The molecule has 4 nitrogen and oxygen atoms in total. The van der Waals surface area contributed by atoms with E-state index in [1.165, 1.54) is 0 Å². The molecule has 1 aliphatic heterocycles. The molecule has 1 amide bonds. The molecule has 0 aromatic heterocycles. The quantitative estimate of drug-likeness (QED) is 0.691. The molecule has 15 heavy (non-hydrogen) atoms. The van der Waals surface area contributed by atoms with Crippen molar-refractivity contribution in [3.8, 4) is 0 Å². The minimum atomic E-state index is -0.468. The number of nitrogens with one attached hydrogen (secondary N) is 2. The highest BCUT2D eigenvalue weighted by Crippen LogP contribution is 2.08. The molecule has 0 aliphatic carbocycles. The number of carbonyl (C=O) groups excluding carboxylic acids is 2. The molecule has 0 saturated carbocycles. The van der Waals surface area contributed by atoms with Crippen molar-refractivity contribution in [1.29, 1.82) is 0 Å². The van der Waals surface area contributed by atoms with E-state index in [1.54, 1.807) is 0 Å². The van der Waals surface area contributed by atoms with Crippen LogP contribution in [0, 0.1) is 5.92 Å². The van der Waals surface area contributed by atoms with Crippen molar-refractivity contribution < 1.29 is 9.59 Å². The largest absolute Gasteiger partial charge is 0.344 e. The molecule has 1 unspecified atom stereocenters. The molecule has 1 aliphatic rings. The van der Waals surface area contributed by atoms with E-state index >= 15 is 0 Å². The highest BCUT2D eigenvalue weighted by Gasteiger charge is 2.25. The topological polar surface area (TPSA) is 58.2 Å². The van der Waals surface area contributed by atoms with Gasteiger partial charge in [-0.25, -0.2) is 0 Å². The van der Waals surface area contributed by atoms with Crippen molar-refractivity contribution in [3.63, 3.8) is 0 Å². The van der Waals surface area contributed by atoms with Crippen LogP contribution in [-0.4, -0.2) is 30.8 Å². The van der Waals surface area contributed by atoms with Crippen molar-refractivity contribution in [2.75, 3.05) is 6.54 Å². The molecule has 85 valence electrons. The summed E-state index contributed by atoms with van der Waals surface area (Å²) in [6.07, 6.45) is 4.64. The molecule has 0 aromatic carbocycles. The fourth-order valence-electron chi connectivity index (χ4n) is 1.69. The highest BCUT2D eigenvalue weighted by molar-refractivity contribution is 5.84. The molecule has 1 heterocycles. The second-order valence-corrected chi connectivity index (χ2v) is 4.14. The van der Waals surface area contributed by atoms with Crippen LogP contribution in [0.1, 0.15) is 33.1 Å². The van der Waals surface area contributed by atoms with Crippen LogP contribution < -0.4 is 10.6 Å². The summed E-state index contributed by atoms with van der Waals surface area (Å²) in [5.74, 6) is 0.0778. The van der Waals surface area contributed by atoms with Gasteiger partial charge in [-0.1, -0.05) is 20.3 Å². The van der Waals surface area contributed by atoms with Gasteiger partial charge in [0.05, 0.1) is 12.1 Å². The van der Waals surface area contributed by atoms with E-state index in [1.807, 2.05) is 20.1 Å². The van der Waals surface area contributed by atoms with Crippen LogP contribution >= 0.6 is 0 Å². The molecular weight excluding hydrogens is 192 g/mol. The first-order chi connectivity index (χ1) is 7.19. The predicted molar refractivity (Wildman–Crippen MR) is 58.1 cm³/mol. The van der Waals surface area contributed by atoms with Gasteiger partial charge in [0.2, 0.25) is 12.2 Å². The lowest BCUT2D eigenvalue weighted by Gasteiger charge is -2.20. The maximum atomic E-state index is 11.7. The summed E-state index contributed by atoms with van der Waals surface area (Å²) >= 11 is 0. The van der Waals surface area contributed by atoms with Crippen molar-refractivity contribution >= 4 is 12.2 Å². The Morgan fingerprint density at radius 1 is 1.67 bits per heavy atom. The molecule has 1 rings (SSSR count). The third-order valence-electron chi connectivity index (χ3n) is 3.01. The van der Waals surface area contributed by atoms with Gasteiger partial charge in [0.25, 0.3) is 0 Å². The molecule has 1 saturated heterocycles. The van der Waals surface area contributed by atoms with Gasteiger partial charge in [-0.05, 0) is 25.3 Å². The lowest BCUT2D eigenvalue weighted by atomic mass is 10.00. The fourth-order valence-corrected chi connectivity index (χ4v) is 1.69. The Morgan fingerprint density at radius 3 is 2.87 bits per heavy atom. The van der Waals surface area contributed by atoms with Gasteiger partial charge < -0.3 is 10.6 Å². The lowest BCUT2D eigenvalue weighted by Crippen LogP contribution is -2.48. The molecule has 0 spiro atoms. The van der Waals surface area contributed by atoms with Gasteiger partial charge in [-0.3, -0.25) is 9.59 Å². The first-order valence-corrected chi connectivity index (χ1v) is 5.60. The number of rotatable bonds is 5. The average molecular weight is 211 g/mol. The Bertz CT molecular complexity index is 225. The van der Waals surface area contributed by atoms with E-state index in [0.29, 0.717) is 0 Å². The Hall–Kier alpha value is -0.900. The van der Waals surface area contributed by atoms with Gasteiger partial charge in [0.15, 0.2) is 0 Å². The monoisotopic (exact) mass is 211 g/mol. The van der Waals surface area contributed by atoms with Crippen molar-refractivity contribution in [2.45, 2.75) is 45.2 Å².